The highest BCUT2D eigenvalue weighted by Gasteiger charge is 2.23. The van der Waals surface area contributed by atoms with Gasteiger partial charge in [-0.15, -0.1) is 0 Å². The molecule has 33 heavy (non-hydrogen) atoms. The maximum atomic E-state index is 12.6. The van der Waals surface area contributed by atoms with E-state index in [0.717, 1.165) is 57.0 Å². The number of nitrogens with zero attached hydrogens (tertiary/aromatic N) is 3. The Balaban J connectivity index is 1.19. The molecular weight excluding hydrogens is 412 g/mol. The number of benzene rings is 1. The van der Waals surface area contributed by atoms with Crippen molar-refractivity contribution in [2.24, 2.45) is 5.92 Å². The zero-order valence-electron chi connectivity index (χ0n) is 20.1. The highest BCUT2D eigenvalue weighted by atomic mass is 16.5. The second kappa shape index (κ2) is 11.6. The summed E-state index contributed by atoms with van der Waals surface area (Å²) >= 11 is 0. The molecule has 6 heteroatoms. The quantitative estimate of drug-likeness (QED) is 0.659. The fourth-order valence-corrected chi connectivity index (χ4v) is 4.86. The molecule has 1 aromatic carbocycles. The first-order chi connectivity index (χ1) is 16.1. The molecule has 2 aliphatic heterocycles. The third-order valence-electron chi connectivity index (χ3n) is 6.90. The van der Waals surface area contributed by atoms with Gasteiger partial charge in [-0.05, 0) is 88.4 Å². The summed E-state index contributed by atoms with van der Waals surface area (Å²) in [4.78, 5) is 22.0. The predicted molar refractivity (Wildman–Crippen MR) is 131 cm³/mol. The Morgan fingerprint density at radius 2 is 1.88 bits per heavy atom. The molecule has 2 fully saturated rings. The van der Waals surface area contributed by atoms with Crippen LogP contribution in [0.1, 0.15) is 55.6 Å². The molecule has 3 heterocycles. The van der Waals surface area contributed by atoms with Crippen LogP contribution >= 0.6 is 0 Å². The number of nitrogens with one attached hydrogen (secondary N) is 1. The minimum atomic E-state index is 0.00560. The summed E-state index contributed by atoms with van der Waals surface area (Å²) in [5.41, 5.74) is 1.82. The second-order valence-corrected chi connectivity index (χ2v) is 9.75. The molecule has 0 bridgehead atoms. The fourth-order valence-electron chi connectivity index (χ4n) is 4.86. The molecule has 2 aliphatic rings. The molecule has 1 amide bonds. The predicted octanol–water partition coefficient (Wildman–Crippen LogP) is 3.98. The van der Waals surface area contributed by atoms with Gasteiger partial charge in [-0.2, -0.15) is 0 Å². The zero-order chi connectivity index (χ0) is 23.0. The van der Waals surface area contributed by atoms with Gasteiger partial charge in [-0.25, -0.2) is 0 Å². The van der Waals surface area contributed by atoms with Gasteiger partial charge in [-0.1, -0.05) is 6.07 Å². The van der Waals surface area contributed by atoms with Crippen molar-refractivity contribution in [1.29, 1.82) is 0 Å². The monoisotopic (exact) mass is 450 g/mol. The van der Waals surface area contributed by atoms with E-state index in [9.17, 15) is 4.79 Å². The molecule has 0 aliphatic carbocycles. The maximum absolute atomic E-state index is 12.6. The lowest BCUT2D eigenvalue weighted by atomic mass is 9.97. The van der Waals surface area contributed by atoms with Gasteiger partial charge >= 0.3 is 0 Å². The topological polar surface area (TPSA) is 57.7 Å². The van der Waals surface area contributed by atoms with Crippen LogP contribution in [-0.4, -0.2) is 65.6 Å². The van der Waals surface area contributed by atoms with Crippen LogP contribution in [0.5, 0.6) is 5.75 Å². The third kappa shape index (κ3) is 7.02. The van der Waals surface area contributed by atoms with Gasteiger partial charge in [0, 0.05) is 50.5 Å². The second-order valence-electron chi connectivity index (χ2n) is 9.75. The number of rotatable bonds is 8. The normalized spacial score (nSPS) is 20.6. The first-order valence-corrected chi connectivity index (χ1v) is 12.5. The van der Waals surface area contributed by atoms with E-state index < -0.39 is 0 Å². The molecule has 1 N–H and O–H groups in total. The molecule has 6 nitrogen and oxygen atoms in total. The number of piperidine rings is 2. The summed E-state index contributed by atoms with van der Waals surface area (Å²) in [5.74, 6) is 1.39. The van der Waals surface area contributed by atoms with Crippen LogP contribution in [0.4, 0.5) is 0 Å². The Hall–Kier alpha value is -2.44. The van der Waals surface area contributed by atoms with E-state index in [-0.39, 0.29) is 12.0 Å². The van der Waals surface area contributed by atoms with Crippen LogP contribution in [0.25, 0.3) is 0 Å². The number of pyridine rings is 1. The summed E-state index contributed by atoms with van der Waals surface area (Å²) < 4.78 is 6.20. The Kier molecular flexibility index (Phi) is 8.35. The van der Waals surface area contributed by atoms with Crippen LogP contribution in [0.2, 0.25) is 0 Å². The summed E-state index contributed by atoms with van der Waals surface area (Å²) in [5, 5.41) is 3.14. The number of carbonyl (C=O) groups is 1. The van der Waals surface area contributed by atoms with Crippen molar-refractivity contribution in [3.05, 3.63) is 59.9 Å². The average molecular weight is 451 g/mol. The van der Waals surface area contributed by atoms with Crippen molar-refractivity contribution in [3.8, 4) is 5.75 Å². The highest BCUT2D eigenvalue weighted by Crippen LogP contribution is 2.21. The van der Waals surface area contributed by atoms with Gasteiger partial charge in [0.1, 0.15) is 11.9 Å². The number of likely N-dealkylation sites (tertiary alicyclic amines) is 2. The van der Waals surface area contributed by atoms with Gasteiger partial charge in [0.15, 0.2) is 0 Å². The number of hydrogen-bond acceptors (Lipinski definition) is 5. The van der Waals surface area contributed by atoms with E-state index in [1.54, 1.807) is 0 Å². The number of ether oxygens (including phenoxy) is 1. The first-order valence-electron chi connectivity index (χ1n) is 12.5. The average Bonchev–Trinajstić information content (AvgIpc) is 2.85. The van der Waals surface area contributed by atoms with Crippen molar-refractivity contribution >= 4 is 5.91 Å². The minimum absolute atomic E-state index is 0.00560. The lowest BCUT2D eigenvalue weighted by molar-refractivity contribution is 0.0921. The number of carbonyl (C=O) groups excluding carboxylic acids is 1. The largest absolute Gasteiger partial charge is 0.490 e. The van der Waals surface area contributed by atoms with Crippen molar-refractivity contribution in [1.82, 2.24) is 20.1 Å². The lowest BCUT2D eigenvalue weighted by Crippen LogP contribution is -2.43. The Morgan fingerprint density at radius 3 is 2.58 bits per heavy atom. The summed E-state index contributed by atoms with van der Waals surface area (Å²) in [7, 11) is 0. The van der Waals surface area contributed by atoms with Crippen LogP contribution in [0.15, 0.2) is 48.7 Å². The fraction of sp³-hybridized carbons (Fsp3) is 0.556. The molecule has 4 rings (SSSR count). The van der Waals surface area contributed by atoms with Crippen LogP contribution < -0.4 is 10.1 Å². The van der Waals surface area contributed by atoms with Crippen LogP contribution in [0.3, 0.4) is 0 Å². The summed E-state index contributed by atoms with van der Waals surface area (Å²) in [6.07, 6.45) is 6.49. The molecule has 178 valence electrons. The van der Waals surface area contributed by atoms with Crippen molar-refractivity contribution < 1.29 is 9.53 Å². The number of hydrogen-bond donors (Lipinski definition) is 1. The van der Waals surface area contributed by atoms with Crippen LogP contribution in [-0.2, 0) is 6.54 Å². The Bertz CT molecular complexity index is 863. The van der Waals surface area contributed by atoms with Gasteiger partial charge in [-0.3, -0.25) is 14.7 Å². The van der Waals surface area contributed by atoms with Gasteiger partial charge in [0.2, 0.25) is 0 Å². The van der Waals surface area contributed by atoms with Crippen molar-refractivity contribution in [2.45, 2.75) is 58.2 Å². The SMILES string of the molecule is CC(C)N1CCC[C@@H](CNC(=O)c2ccc(OC3CCN(Cc4ccccn4)CC3)cc2)C1. The third-order valence-corrected chi connectivity index (χ3v) is 6.90. The molecule has 0 unspecified atom stereocenters. The van der Waals surface area contributed by atoms with E-state index in [1.165, 1.54) is 19.4 Å². The Morgan fingerprint density at radius 1 is 1.09 bits per heavy atom. The molecule has 1 atom stereocenters. The van der Waals surface area contributed by atoms with Crippen molar-refractivity contribution in [2.75, 3.05) is 32.7 Å². The molecule has 0 spiro atoms. The summed E-state index contributed by atoms with van der Waals surface area (Å²) in [6, 6.07) is 14.3. The zero-order valence-corrected chi connectivity index (χ0v) is 20.1. The van der Waals surface area contributed by atoms with E-state index in [1.807, 2.05) is 42.6 Å². The van der Waals surface area contributed by atoms with E-state index in [4.69, 9.17) is 4.74 Å². The maximum Gasteiger partial charge on any atom is 0.251 e. The molecule has 1 aromatic heterocycles. The van der Waals surface area contributed by atoms with E-state index in [0.29, 0.717) is 17.5 Å². The standard InChI is InChI=1S/C27H38N4O2/c1-21(2)31-15-5-6-22(19-31)18-29-27(32)23-8-10-25(11-9-23)33-26-12-16-30(17-13-26)20-24-7-3-4-14-28-24/h3-4,7-11,14,21-22,26H,5-6,12-13,15-20H2,1-2H3,(H,29,32)/t22-/m0/s1. The number of amides is 1. The van der Waals surface area contributed by atoms with Gasteiger partial charge in [0.25, 0.3) is 5.91 Å². The first kappa shape index (κ1) is 23.7. The smallest absolute Gasteiger partial charge is 0.251 e. The van der Waals surface area contributed by atoms with E-state index in [2.05, 4.69) is 40.0 Å². The van der Waals surface area contributed by atoms with Crippen molar-refractivity contribution in [3.63, 3.8) is 0 Å². The van der Waals surface area contributed by atoms with Gasteiger partial charge < -0.3 is 15.0 Å². The number of aromatic nitrogens is 1. The molecule has 0 saturated carbocycles. The highest BCUT2D eigenvalue weighted by molar-refractivity contribution is 5.94. The van der Waals surface area contributed by atoms with Gasteiger partial charge in [0.05, 0.1) is 5.69 Å². The molecule has 2 aromatic rings. The lowest BCUT2D eigenvalue weighted by Gasteiger charge is -2.35. The minimum Gasteiger partial charge on any atom is -0.490 e. The van der Waals surface area contributed by atoms with Crippen LogP contribution in [0, 0.1) is 5.92 Å². The van der Waals surface area contributed by atoms with E-state index >= 15 is 0 Å². The molecular formula is C27H38N4O2. The Labute approximate surface area is 198 Å². The molecule has 0 radical (unpaired) electrons. The molecule has 2 saturated heterocycles. The summed E-state index contributed by atoms with van der Waals surface area (Å²) in [6.45, 7) is 10.4.